The first kappa shape index (κ1) is 18.7. The van der Waals surface area contributed by atoms with Gasteiger partial charge in [-0.2, -0.15) is 0 Å². The Morgan fingerprint density at radius 2 is 1.61 bits per heavy atom. The Bertz CT molecular complexity index is 812. The van der Waals surface area contributed by atoms with Gasteiger partial charge in [0.05, 0.1) is 5.69 Å². The molecular weight excluding hydrogens is 357 g/mol. The van der Waals surface area contributed by atoms with Crippen LogP contribution in [0.2, 0.25) is 0 Å². The molecule has 0 radical (unpaired) electrons. The van der Waals surface area contributed by atoms with Crippen LogP contribution < -0.4 is 9.80 Å². The number of para-hydroxylation sites is 1. The Labute approximate surface area is 165 Å². The van der Waals surface area contributed by atoms with E-state index in [9.17, 15) is 9.18 Å². The van der Waals surface area contributed by atoms with Crippen LogP contribution in [0.1, 0.15) is 30.3 Å². The zero-order valence-electron chi connectivity index (χ0n) is 16.2. The van der Waals surface area contributed by atoms with Gasteiger partial charge in [-0.3, -0.25) is 4.79 Å². The number of nitrogens with zero attached hydrogens (tertiary/aromatic N) is 5. The van der Waals surface area contributed by atoms with Crippen molar-refractivity contribution in [1.82, 2.24) is 15.1 Å². The highest BCUT2D eigenvalue weighted by molar-refractivity contribution is 5.92. The van der Waals surface area contributed by atoms with Gasteiger partial charge in [-0.1, -0.05) is 19.1 Å². The van der Waals surface area contributed by atoms with Crippen molar-refractivity contribution in [3.05, 3.63) is 47.9 Å². The number of rotatable bonds is 3. The van der Waals surface area contributed by atoms with Crippen LogP contribution in [-0.4, -0.2) is 60.3 Å². The molecular formula is C21H26FN5O. The van der Waals surface area contributed by atoms with Crippen LogP contribution in [0.5, 0.6) is 0 Å². The van der Waals surface area contributed by atoms with Gasteiger partial charge in [-0.05, 0) is 43.0 Å². The number of hydrogen-bond donors (Lipinski definition) is 0. The molecule has 4 rings (SSSR count). The highest BCUT2D eigenvalue weighted by Gasteiger charge is 2.24. The van der Waals surface area contributed by atoms with Crippen molar-refractivity contribution in [3.8, 4) is 0 Å². The summed E-state index contributed by atoms with van der Waals surface area (Å²) in [5, 5.41) is 8.47. The molecule has 0 spiro atoms. The van der Waals surface area contributed by atoms with E-state index in [1.807, 2.05) is 23.1 Å². The van der Waals surface area contributed by atoms with Gasteiger partial charge in [0.15, 0.2) is 11.5 Å². The highest BCUT2D eigenvalue weighted by Crippen LogP contribution is 2.22. The Hall–Kier alpha value is -2.70. The predicted octanol–water partition coefficient (Wildman–Crippen LogP) is 2.81. The lowest BCUT2D eigenvalue weighted by Crippen LogP contribution is -2.47. The van der Waals surface area contributed by atoms with Crippen LogP contribution in [0.3, 0.4) is 0 Å². The quantitative estimate of drug-likeness (QED) is 0.816. The van der Waals surface area contributed by atoms with Gasteiger partial charge < -0.3 is 14.7 Å². The maximum Gasteiger partial charge on any atom is 0.274 e. The largest absolute Gasteiger partial charge is 0.366 e. The highest BCUT2D eigenvalue weighted by atomic mass is 19.1. The van der Waals surface area contributed by atoms with Crippen LogP contribution in [0.25, 0.3) is 0 Å². The van der Waals surface area contributed by atoms with Crippen LogP contribution in [0.15, 0.2) is 36.4 Å². The number of piperidine rings is 1. The third-order valence-electron chi connectivity index (χ3n) is 5.74. The monoisotopic (exact) mass is 383 g/mol. The van der Waals surface area contributed by atoms with E-state index in [4.69, 9.17) is 0 Å². The lowest BCUT2D eigenvalue weighted by Gasteiger charge is -2.36. The van der Waals surface area contributed by atoms with Gasteiger partial charge in [0.25, 0.3) is 5.91 Å². The first-order valence-electron chi connectivity index (χ1n) is 9.99. The second-order valence-corrected chi connectivity index (χ2v) is 7.68. The van der Waals surface area contributed by atoms with Gasteiger partial charge in [-0.25, -0.2) is 4.39 Å². The summed E-state index contributed by atoms with van der Waals surface area (Å²) in [6.45, 7) is 6.72. The molecule has 2 aliphatic rings. The zero-order valence-corrected chi connectivity index (χ0v) is 16.2. The van der Waals surface area contributed by atoms with E-state index in [0.717, 1.165) is 57.9 Å². The van der Waals surface area contributed by atoms with E-state index < -0.39 is 0 Å². The first-order chi connectivity index (χ1) is 13.6. The molecule has 0 bridgehead atoms. The van der Waals surface area contributed by atoms with Crippen LogP contribution in [-0.2, 0) is 0 Å². The second kappa shape index (κ2) is 8.12. The molecule has 28 heavy (non-hydrogen) atoms. The molecule has 1 aromatic carbocycles. The molecule has 0 N–H and O–H groups in total. The van der Waals surface area contributed by atoms with E-state index in [2.05, 4.69) is 26.9 Å². The number of likely N-dealkylation sites (tertiary alicyclic amines) is 1. The fraction of sp³-hybridized carbons (Fsp3) is 0.476. The smallest absolute Gasteiger partial charge is 0.274 e. The summed E-state index contributed by atoms with van der Waals surface area (Å²) in [6.07, 6.45) is 2.09. The van der Waals surface area contributed by atoms with Crippen molar-refractivity contribution in [2.45, 2.75) is 19.8 Å². The minimum Gasteiger partial charge on any atom is -0.366 e. The number of hydrogen-bond acceptors (Lipinski definition) is 5. The standard InChI is InChI=1S/C21H26FN5O/c1-16-8-10-27(11-9-16)21(28)18-6-7-20(24-23-18)26-14-12-25(13-15-26)19-5-3-2-4-17(19)22/h2-7,16H,8-15H2,1H3. The molecule has 148 valence electrons. The molecule has 1 amide bonds. The Balaban J connectivity index is 1.36. The summed E-state index contributed by atoms with van der Waals surface area (Å²) in [6, 6.07) is 10.5. The zero-order chi connectivity index (χ0) is 19.5. The lowest BCUT2D eigenvalue weighted by atomic mass is 9.99. The van der Waals surface area contributed by atoms with Gasteiger partial charge in [-0.15, -0.1) is 10.2 Å². The normalized spacial score (nSPS) is 18.4. The molecule has 0 atom stereocenters. The third-order valence-corrected chi connectivity index (χ3v) is 5.74. The Morgan fingerprint density at radius 3 is 2.25 bits per heavy atom. The van der Waals surface area contributed by atoms with Gasteiger partial charge >= 0.3 is 0 Å². The summed E-state index contributed by atoms with van der Waals surface area (Å²) in [4.78, 5) is 18.6. The minimum absolute atomic E-state index is 0.0321. The predicted molar refractivity (Wildman–Crippen MR) is 107 cm³/mol. The fourth-order valence-corrected chi connectivity index (χ4v) is 3.87. The molecule has 0 unspecified atom stereocenters. The molecule has 2 fully saturated rings. The number of piperazine rings is 1. The van der Waals surface area contributed by atoms with Crippen molar-refractivity contribution in [3.63, 3.8) is 0 Å². The van der Waals surface area contributed by atoms with Crippen LogP contribution in [0.4, 0.5) is 15.9 Å². The summed E-state index contributed by atoms with van der Waals surface area (Å²) in [7, 11) is 0. The number of anilines is 2. The van der Waals surface area contributed by atoms with E-state index in [0.29, 0.717) is 17.3 Å². The maximum atomic E-state index is 14.0. The first-order valence-corrected chi connectivity index (χ1v) is 9.99. The number of benzene rings is 1. The summed E-state index contributed by atoms with van der Waals surface area (Å²) in [5.41, 5.74) is 1.05. The lowest BCUT2D eigenvalue weighted by molar-refractivity contribution is 0.0690. The molecule has 3 heterocycles. The summed E-state index contributed by atoms with van der Waals surface area (Å²) in [5.74, 6) is 1.22. The molecule has 2 aromatic rings. The van der Waals surface area contributed by atoms with E-state index in [1.54, 1.807) is 12.1 Å². The van der Waals surface area contributed by atoms with Gasteiger partial charge in [0.2, 0.25) is 0 Å². The molecule has 2 aliphatic heterocycles. The van der Waals surface area contributed by atoms with E-state index in [-0.39, 0.29) is 11.7 Å². The van der Waals surface area contributed by atoms with E-state index >= 15 is 0 Å². The molecule has 0 saturated carbocycles. The van der Waals surface area contributed by atoms with Crippen molar-refractivity contribution in [1.29, 1.82) is 0 Å². The van der Waals surface area contributed by atoms with Gasteiger partial charge in [0, 0.05) is 39.3 Å². The maximum absolute atomic E-state index is 14.0. The van der Waals surface area contributed by atoms with Crippen molar-refractivity contribution < 1.29 is 9.18 Å². The van der Waals surface area contributed by atoms with Gasteiger partial charge in [0.1, 0.15) is 5.82 Å². The minimum atomic E-state index is -0.189. The van der Waals surface area contributed by atoms with E-state index in [1.165, 1.54) is 6.07 Å². The topological polar surface area (TPSA) is 52.6 Å². The molecule has 1 aromatic heterocycles. The Kier molecular flexibility index (Phi) is 5.41. The number of halogens is 1. The number of aromatic nitrogens is 2. The molecule has 2 saturated heterocycles. The van der Waals surface area contributed by atoms with Crippen molar-refractivity contribution in [2.75, 3.05) is 49.1 Å². The van der Waals surface area contributed by atoms with Crippen molar-refractivity contribution >= 4 is 17.4 Å². The van der Waals surface area contributed by atoms with Crippen LogP contribution in [0, 0.1) is 11.7 Å². The number of carbonyl (C=O) groups is 1. The molecule has 7 heteroatoms. The number of carbonyl (C=O) groups excluding carboxylic acids is 1. The average Bonchev–Trinajstić information content (AvgIpc) is 2.74. The van der Waals surface area contributed by atoms with Crippen molar-refractivity contribution in [2.24, 2.45) is 5.92 Å². The Morgan fingerprint density at radius 1 is 0.929 bits per heavy atom. The second-order valence-electron chi connectivity index (χ2n) is 7.68. The number of amides is 1. The molecule has 0 aliphatic carbocycles. The third kappa shape index (κ3) is 3.93. The summed E-state index contributed by atoms with van der Waals surface area (Å²) < 4.78 is 14.0. The summed E-state index contributed by atoms with van der Waals surface area (Å²) >= 11 is 0. The van der Waals surface area contributed by atoms with Crippen LogP contribution >= 0.6 is 0 Å². The SMILES string of the molecule is CC1CCN(C(=O)c2ccc(N3CCN(c4ccccc4F)CC3)nn2)CC1. The fourth-order valence-electron chi connectivity index (χ4n) is 3.87. The average molecular weight is 383 g/mol. The molecule has 6 nitrogen and oxygen atoms in total.